The zero-order valence-corrected chi connectivity index (χ0v) is 33.3. The second-order valence-corrected chi connectivity index (χ2v) is 14.8. The summed E-state index contributed by atoms with van der Waals surface area (Å²) in [6.45, 7) is 20.1. The van der Waals surface area contributed by atoms with Crippen molar-refractivity contribution in [2.24, 2.45) is 0 Å². The Bertz CT molecular complexity index is 2310. The van der Waals surface area contributed by atoms with Gasteiger partial charge in [-0.1, -0.05) is 96.8 Å². The van der Waals surface area contributed by atoms with Gasteiger partial charge in [-0.05, 0) is 82.1 Å². The average Bonchev–Trinajstić information content (AvgIpc) is 3.71. The van der Waals surface area contributed by atoms with Gasteiger partial charge in [-0.25, -0.2) is 4.98 Å². The molecule has 0 atom stereocenters. The van der Waals surface area contributed by atoms with E-state index in [1.165, 1.54) is 27.8 Å². The van der Waals surface area contributed by atoms with Crippen LogP contribution in [0, 0.1) is 19.1 Å². The van der Waals surface area contributed by atoms with Gasteiger partial charge in [0.25, 0.3) is 0 Å². The summed E-state index contributed by atoms with van der Waals surface area (Å²) < 4.78 is 10.7. The number of pyridine rings is 1. The molecule has 262 valence electrons. The van der Waals surface area contributed by atoms with Crippen LogP contribution in [0.1, 0.15) is 107 Å². The van der Waals surface area contributed by atoms with Crippen LogP contribution in [0.3, 0.4) is 0 Å². The molecule has 0 aliphatic carbocycles. The van der Waals surface area contributed by atoms with Gasteiger partial charge >= 0.3 is 21.1 Å². The predicted octanol–water partition coefficient (Wildman–Crippen LogP) is 12.2. The van der Waals surface area contributed by atoms with Crippen LogP contribution in [0.4, 0.5) is 0 Å². The summed E-state index contributed by atoms with van der Waals surface area (Å²) in [5, 5.41) is 7.13. The number of para-hydroxylation sites is 1. The number of aromatic nitrogens is 4. The zero-order chi connectivity index (χ0) is 35.3. The van der Waals surface area contributed by atoms with Crippen LogP contribution in [0.5, 0.6) is 11.5 Å². The number of ether oxygens (including phenoxy) is 1. The van der Waals surface area contributed by atoms with Crippen molar-refractivity contribution in [3.05, 3.63) is 131 Å². The van der Waals surface area contributed by atoms with Crippen LogP contribution in [0.15, 0.2) is 91.4 Å². The Balaban J connectivity index is 0.00000448. The first-order valence-corrected chi connectivity index (χ1v) is 17.8. The van der Waals surface area contributed by atoms with Gasteiger partial charge in [0.05, 0.1) is 6.20 Å². The molecule has 0 aliphatic heterocycles. The molecule has 7 aromatic rings. The molecule has 0 radical (unpaired) electrons. The number of rotatable bonds is 9. The van der Waals surface area contributed by atoms with E-state index in [0.29, 0.717) is 29.3 Å². The number of fused-ring (bicyclic) bond motifs is 3. The third kappa shape index (κ3) is 7.06. The van der Waals surface area contributed by atoms with E-state index in [9.17, 15) is 0 Å². The van der Waals surface area contributed by atoms with Crippen LogP contribution < -0.4 is 4.74 Å². The van der Waals surface area contributed by atoms with E-state index in [-0.39, 0.29) is 27.0 Å². The minimum absolute atomic E-state index is 0. The molecular formula is C45H46N4OPt. The van der Waals surface area contributed by atoms with Gasteiger partial charge in [0.15, 0.2) is 0 Å². The van der Waals surface area contributed by atoms with Gasteiger partial charge in [-0.2, -0.15) is 11.2 Å². The van der Waals surface area contributed by atoms with Crippen molar-refractivity contribution in [2.45, 2.75) is 86.0 Å². The Morgan fingerprint density at radius 3 is 2.08 bits per heavy atom. The van der Waals surface area contributed by atoms with Crippen molar-refractivity contribution in [3.63, 3.8) is 0 Å². The molecule has 0 bridgehead atoms. The fourth-order valence-corrected chi connectivity index (χ4v) is 6.94. The zero-order valence-electron chi connectivity index (χ0n) is 31.0. The van der Waals surface area contributed by atoms with E-state index < -0.39 is 0 Å². The quantitative estimate of drug-likeness (QED) is 0.136. The molecule has 3 aromatic heterocycles. The topological polar surface area (TPSA) is 44.9 Å². The minimum Gasteiger partial charge on any atom is -0.509 e. The number of nitrogens with zero attached hydrogens (tertiary/aromatic N) is 4. The van der Waals surface area contributed by atoms with E-state index in [1.807, 2.05) is 23.1 Å². The summed E-state index contributed by atoms with van der Waals surface area (Å²) in [4.78, 5) is 4.80. The van der Waals surface area contributed by atoms with E-state index in [2.05, 4.69) is 152 Å². The van der Waals surface area contributed by atoms with Gasteiger partial charge in [0.2, 0.25) is 0 Å². The van der Waals surface area contributed by atoms with Gasteiger partial charge in [-0.3, -0.25) is 4.68 Å². The summed E-state index contributed by atoms with van der Waals surface area (Å²) in [7, 11) is 0. The largest absolute Gasteiger partial charge is 2.00 e. The monoisotopic (exact) mass is 853 g/mol. The molecule has 0 fully saturated rings. The molecule has 6 heteroatoms. The molecule has 0 saturated heterocycles. The van der Waals surface area contributed by atoms with Gasteiger partial charge in [0, 0.05) is 35.0 Å². The van der Waals surface area contributed by atoms with Crippen molar-refractivity contribution < 1.29 is 25.8 Å². The molecule has 7 rings (SSSR count). The average molecular weight is 854 g/mol. The Kier molecular flexibility index (Phi) is 10.4. The molecule has 0 amide bonds. The van der Waals surface area contributed by atoms with Crippen LogP contribution in [0.25, 0.3) is 44.4 Å². The molecule has 0 aliphatic rings. The van der Waals surface area contributed by atoms with Gasteiger partial charge in [-0.15, -0.1) is 41.3 Å². The first-order chi connectivity index (χ1) is 24.0. The van der Waals surface area contributed by atoms with Gasteiger partial charge < -0.3 is 9.30 Å². The van der Waals surface area contributed by atoms with Crippen LogP contribution in [-0.2, 0) is 21.1 Å². The summed E-state index contributed by atoms with van der Waals surface area (Å²) in [5.41, 5.74) is 11.6. The maximum atomic E-state index is 6.61. The van der Waals surface area contributed by atoms with E-state index in [4.69, 9.17) is 14.8 Å². The summed E-state index contributed by atoms with van der Waals surface area (Å²) >= 11 is 0. The van der Waals surface area contributed by atoms with Crippen LogP contribution in [-0.4, -0.2) is 19.3 Å². The number of hydrogen-bond acceptors (Lipinski definition) is 3. The Labute approximate surface area is 317 Å². The fourth-order valence-electron chi connectivity index (χ4n) is 6.94. The molecule has 0 unspecified atom stereocenters. The second-order valence-electron chi connectivity index (χ2n) is 14.8. The molecule has 3 heterocycles. The van der Waals surface area contributed by atoms with E-state index in [0.717, 1.165) is 44.4 Å². The predicted molar refractivity (Wildman–Crippen MR) is 206 cm³/mol. The minimum atomic E-state index is 0. The van der Waals surface area contributed by atoms with Crippen molar-refractivity contribution in [3.8, 4) is 34.1 Å². The summed E-state index contributed by atoms with van der Waals surface area (Å²) in [6, 6.07) is 32.9. The summed E-state index contributed by atoms with van der Waals surface area (Å²) in [5.74, 6) is 3.58. The molecule has 0 spiro atoms. The molecule has 5 nitrogen and oxygen atoms in total. The molecule has 0 N–H and O–H groups in total. The molecule has 51 heavy (non-hydrogen) atoms. The maximum Gasteiger partial charge on any atom is 2.00 e. The fraction of sp³-hybridized carbons (Fsp3) is 0.289. The van der Waals surface area contributed by atoms with E-state index in [1.54, 1.807) is 0 Å². The molecule has 4 aromatic carbocycles. The number of aryl methyl sites for hydroxylation is 1. The Morgan fingerprint density at radius 1 is 0.686 bits per heavy atom. The maximum absolute atomic E-state index is 6.61. The van der Waals surface area contributed by atoms with Crippen molar-refractivity contribution in [1.82, 2.24) is 19.3 Å². The third-order valence-electron chi connectivity index (χ3n) is 9.67. The molecular weight excluding hydrogens is 808 g/mol. The van der Waals surface area contributed by atoms with Crippen molar-refractivity contribution >= 4 is 21.8 Å². The van der Waals surface area contributed by atoms with Gasteiger partial charge in [0.1, 0.15) is 5.82 Å². The van der Waals surface area contributed by atoms with Crippen LogP contribution >= 0.6 is 0 Å². The third-order valence-corrected chi connectivity index (χ3v) is 9.67. The van der Waals surface area contributed by atoms with E-state index >= 15 is 0 Å². The van der Waals surface area contributed by atoms with Crippen molar-refractivity contribution in [1.29, 1.82) is 0 Å². The Hall–Kier alpha value is -4.47. The standard InChI is InChI=1S/C45H46N4O.Pt/c1-27(2)32-16-17-46-44(22-32)49-42-13-11-10-12-38(42)39-15-14-36(24-43(39)49)50-37-21-33(28(3)4)20-35(23-37)48-26-34(25-47-48)45-40(29(5)6)18-31(9)19-41(45)30(7)8;/h10-22,25-30H,1-9H3;/q-2;+2. The van der Waals surface area contributed by atoms with Crippen LogP contribution in [0.2, 0.25) is 0 Å². The second kappa shape index (κ2) is 14.6. The molecule has 0 saturated carbocycles. The first kappa shape index (κ1) is 36.3. The number of hydrogen-bond donors (Lipinski definition) is 0. The number of benzene rings is 4. The normalized spacial score (nSPS) is 11.8. The first-order valence-electron chi connectivity index (χ1n) is 17.8. The Morgan fingerprint density at radius 2 is 1.39 bits per heavy atom. The van der Waals surface area contributed by atoms with Crippen molar-refractivity contribution in [2.75, 3.05) is 0 Å². The summed E-state index contributed by atoms with van der Waals surface area (Å²) in [6.07, 6.45) is 6.02. The SMILES string of the molecule is Cc1cc(C(C)C)c(-c2cnn(-c3[c-]c(Oc4[c-]c5c(cc4)c4ccccc4n5-c4cc(C(C)C)ccn4)cc(C(C)C)c3)c2)c(C(C)C)c1.[Pt+2]. The smallest absolute Gasteiger partial charge is 0.509 e.